The molecule has 148 heavy (non-hydrogen) atoms. The maximum absolute atomic E-state index is 13.6. The molecule has 0 bridgehead atoms. The molecular weight excluding hydrogens is 2030 g/mol. The zero-order valence-electron chi connectivity index (χ0n) is 79.3. The molecule has 60 atom stereocenters. The third-order valence-corrected chi connectivity index (χ3v) is 27.1. The number of aliphatic hydroxyl groups is 33. The van der Waals surface area contributed by atoms with Crippen molar-refractivity contribution in [2.24, 2.45) is 0 Å². The van der Waals surface area contributed by atoms with E-state index in [1.54, 1.807) is 0 Å². The summed E-state index contributed by atoms with van der Waals surface area (Å²) in [6.07, 6.45) is -117. The molecule has 0 radical (unpaired) electrons. The first-order valence-electron chi connectivity index (χ1n) is 47.2. The van der Waals surface area contributed by atoms with Crippen LogP contribution in [0.3, 0.4) is 0 Å². The van der Waals surface area contributed by atoms with Crippen LogP contribution in [0.1, 0.15) is 34.6 Å². The summed E-state index contributed by atoms with van der Waals surface area (Å²) in [4.78, 5) is 66.2. The number of carbonyl (C=O) groups excluding carboxylic acids is 5. The zero-order valence-corrected chi connectivity index (χ0v) is 79.3. The Balaban J connectivity index is 0.852. The Bertz CT molecular complexity index is 4130. The standard InChI is InChI=1S/C82H137N5O61/c1-18(98)83-35-46(109)62(140-77-56(119)51(114)40(103)23(6-88)129-77)28(11-93)133-72(35)126-16-33-44(107)69(147-75-37(85-20(3)100)48(111)64(30(13-95)135-75)141-78-57(120)52(115)41(104)24(7-89)130-78)60(123)81(138-33)143-63-29(12-94)134-73(36(47(63)110)84-19(2)99)127-17-34-45(108)70(148-76-38(86-21(4)101)49(112)65(31(14-96)136-76)142-79-58(121)53(116)42(105)25(8-90)131-79)61(124)82(139-34)144-66-32(15-97)137-74(39(50(66)113)87-22(5)102)146-68-43(106)26(9-91)132-80(59(68)122)145-67-27(10-92)128-71(125)55(118)54(67)117/h23-82,88-97,103-125H,6-17H2,1-5H3,(H,83,98)(H,84,99)(H,85,100)(H,86,101)(H,87,102)/t23-,24-,25-,26-,27-,28-,29-,30-,31-,32-,33-,34-,35-,36-,37-,38-,39-,40+,41+,42+,43+,44+,45+,46-,47-,48-,49-,50-,51+,52+,53+,54-,55-,56-,57-,58-,59-,60-,61-,62-,63-,64-,65-,66-,67-,68+,69+,70+,71-,72-,73-,74+,75+,76+,77+,78+,79+,80+,81+,82+/m1/s1. The van der Waals surface area contributed by atoms with Crippen molar-refractivity contribution < 1.29 is 301 Å². The summed E-state index contributed by atoms with van der Waals surface area (Å²) >= 11 is 0. The first-order chi connectivity index (χ1) is 70.1. The van der Waals surface area contributed by atoms with Gasteiger partial charge in [-0.25, -0.2) is 0 Å². The van der Waals surface area contributed by atoms with Gasteiger partial charge in [0.25, 0.3) is 0 Å². The molecule has 12 rings (SSSR count). The largest absolute Gasteiger partial charge is 0.394 e. The third-order valence-electron chi connectivity index (χ3n) is 27.1. The summed E-state index contributed by atoms with van der Waals surface area (Å²) in [5.41, 5.74) is 0. The summed E-state index contributed by atoms with van der Waals surface area (Å²) in [6, 6.07) is -10.1. The van der Waals surface area contributed by atoms with Crippen LogP contribution in [0.4, 0.5) is 0 Å². The van der Waals surface area contributed by atoms with Crippen molar-refractivity contribution in [1.29, 1.82) is 0 Å². The highest BCUT2D eigenvalue weighted by molar-refractivity contribution is 5.75. The van der Waals surface area contributed by atoms with Crippen LogP contribution in [0.15, 0.2) is 0 Å². The number of amides is 5. The molecule has 856 valence electrons. The summed E-state index contributed by atoms with van der Waals surface area (Å²) in [5.74, 6) is -5.07. The van der Waals surface area contributed by atoms with Crippen LogP contribution in [0.5, 0.6) is 0 Å². The molecule has 12 aliphatic heterocycles. The second-order valence-electron chi connectivity index (χ2n) is 37.4. The van der Waals surface area contributed by atoms with Gasteiger partial charge in [-0.1, -0.05) is 0 Å². The maximum atomic E-state index is 13.6. The van der Waals surface area contributed by atoms with E-state index in [0.717, 1.165) is 34.6 Å². The molecule has 0 aromatic carbocycles. The topological polar surface area (TPSA) is 1030 Å². The molecule has 12 fully saturated rings. The van der Waals surface area contributed by atoms with Crippen LogP contribution in [-0.2, 0) is 133 Å². The molecule has 0 unspecified atom stereocenters. The minimum Gasteiger partial charge on any atom is -0.394 e. The zero-order chi connectivity index (χ0) is 109. The number of carbonyl (C=O) groups is 5. The van der Waals surface area contributed by atoms with Crippen molar-refractivity contribution in [3.63, 3.8) is 0 Å². The average molecular weight is 2170 g/mol. The van der Waals surface area contributed by atoms with Crippen LogP contribution >= 0.6 is 0 Å². The highest BCUT2D eigenvalue weighted by Crippen LogP contribution is 2.43. The van der Waals surface area contributed by atoms with Crippen molar-refractivity contribution in [2.75, 3.05) is 79.3 Å². The average Bonchev–Trinajstić information content (AvgIpc) is 0.758. The minimum atomic E-state index is -2.61. The Kier molecular flexibility index (Phi) is 43.9. The van der Waals surface area contributed by atoms with Crippen molar-refractivity contribution in [1.82, 2.24) is 26.6 Å². The highest BCUT2D eigenvalue weighted by Gasteiger charge is 2.64. The lowest BCUT2D eigenvalue weighted by Crippen LogP contribution is -2.71. The normalized spacial score (nSPS) is 49.3. The van der Waals surface area contributed by atoms with Crippen molar-refractivity contribution >= 4 is 29.5 Å². The molecule has 12 aliphatic rings. The molecule has 0 aliphatic carbocycles. The predicted octanol–water partition coefficient (Wildman–Crippen LogP) is -26.4. The Morgan fingerprint density at radius 1 is 0.176 bits per heavy atom. The van der Waals surface area contributed by atoms with Gasteiger partial charge in [0.05, 0.1) is 79.3 Å². The van der Waals surface area contributed by atoms with E-state index in [1.807, 2.05) is 0 Å². The molecule has 38 N–H and O–H groups in total. The number of ether oxygens (including phenoxy) is 23. The first-order valence-corrected chi connectivity index (χ1v) is 47.2. The number of hydrogen-bond donors (Lipinski definition) is 38. The van der Waals surface area contributed by atoms with Crippen LogP contribution in [0.25, 0.3) is 0 Å². The van der Waals surface area contributed by atoms with E-state index < -0.39 is 477 Å². The summed E-state index contributed by atoms with van der Waals surface area (Å²) in [7, 11) is 0. The Morgan fingerprint density at radius 2 is 0.351 bits per heavy atom. The number of rotatable bonds is 39. The summed E-state index contributed by atoms with van der Waals surface area (Å²) in [5, 5.41) is 381. The van der Waals surface area contributed by atoms with Crippen LogP contribution in [0.2, 0.25) is 0 Å². The molecule has 0 saturated carbocycles. The highest BCUT2D eigenvalue weighted by atomic mass is 16.8. The van der Waals surface area contributed by atoms with Gasteiger partial charge in [0.15, 0.2) is 75.5 Å². The van der Waals surface area contributed by atoms with E-state index >= 15 is 0 Å². The number of aliphatic hydroxyl groups excluding tert-OH is 33. The fraction of sp³-hybridized carbons (Fsp3) is 0.939. The van der Waals surface area contributed by atoms with Gasteiger partial charge in [-0.15, -0.1) is 0 Å². The van der Waals surface area contributed by atoms with Crippen LogP contribution in [0, 0.1) is 0 Å². The van der Waals surface area contributed by atoms with Crippen LogP contribution in [-0.4, -0.2) is 645 Å². The van der Waals surface area contributed by atoms with Crippen molar-refractivity contribution in [3.05, 3.63) is 0 Å². The van der Waals surface area contributed by atoms with E-state index in [1.165, 1.54) is 0 Å². The lowest BCUT2D eigenvalue weighted by Gasteiger charge is -2.51. The number of nitrogens with one attached hydrogen (secondary N) is 5. The van der Waals surface area contributed by atoms with Crippen molar-refractivity contribution in [3.8, 4) is 0 Å². The van der Waals surface area contributed by atoms with E-state index in [2.05, 4.69) is 26.6 Å². The molecule has 0 spiro atoms. The first kappa shape index (κ1) is 122. The van der Waals surface area contributed by atoms with Gasteiger partial charge in [0.2, 0.25) is 29.5 Å². The molecule has 66 heteroatoms. The lowest BCUT2D eigenvalue weighted by atomic mass is 9.93. The molecule has 0 aromatic heterocycles. The third kappa shape index (κ3) is 26.9. The second-order valence-corrected chi connectivity index (χ2v) is 37.4. The second kappa shape index (κ2) is 53.4. The quantitative estimate of drug-likeness (QED) is 0.0272. The molecule has 5 amide bonds. The molecule has 0 aromatic rings. The van der Waals surface area contributed by atoms with E-state index in [0.29, 0.717) is 0 Å². The fourth-order valence-corrected chi connectivity index (χ4v) is 19.3. The van der Waals surface area contributed by atoms with Gasteiger partial charge in [-0.2, -0.15) is 0 Å². The van der Waals surface area contributed by atoms with Crippen molar-refractivity contribution in [2.45, 2.75) is 403 Å². The fourth-order valence-electron chi connectivity index (χ4n) is 19.3. The number of hydrogen-bond acceptors (Lipinski definition) is 61. The Morgan fingerprint density at radius 3 is 0.581 bits per heavy atom. The van der Waals surface area contributed by atoms with Gasteiger partial charge >= 0.3 is 0 Å². The molecular formula is C82H137N5O61. The van der Waals surface area contributed by atoms with Crippen LogP contribution < -0.4 is 26.6 Å². The molecule has 12 saturated heterocycles. The Labute approximate surface area is 837 Å². The van der Waals surface area contributed by atoms with Gasteiger partial charge in [0, 0.05) is 34.6 Å². The Hall–Kier alpha value is -4.89. The van der Waals surface area contributed by atoms with E-state index in [4.69, 9.17) is 109 Å². The minimum absolute atomic E-state index is 0.868. The van der Waals surface area contributed by atoms with E-state index in [-0.39, 0.29) is 0 Å². The molecule has 12 heterocycles. The van der Waals surface area contributed by atoms with Gasteiger partial charge in [-0.05, 0) is 0 Å². The van der Waals surface area contributed by atoms with Gasteiger partial charge < -0.3 is 304 Å². The van der Waals surface area contributed by atoms with Gasteiger partial charge in [0.1, 0.15) is 293 Å². The lowest BCUT2D eigenvalue weighted by molar-refractivity contribution is -0.390. The summed E-state index contributed by atoms with van der Waals surface area (Å²) < 4.78 is 137. The monoisotopic (exact) mass is 2170 g/mol. The maximum Gasteiger partial charge on any atom is 0.217 e. The molecule has 66 nitrogen and oxygen atoms in total. The SMILES string of the molecule is CC(=O)N[C@H]1[C@H](OC[C@H]2O[C@@H](O[C@H]3[C@H](O)[C@@H](NC(C)=O)[C@H](OC[C@H]4O[C@@H](O[C@H]5[C@H](O)[C@@H](NC(C)=O)[C@H](O[C@H]6[C@@H](O)[C@@H](CO)O[C@@H](O[C@H]7[C@H](O)[C@@H](O)[C@H](O)O[C@@H]7CO)[C@@H]6O)O[C@@H]5CO)[C@H](O)[C@@H](O[C@@H]5O[C@H](CO)[C@@H](O[C@@H]6O[C@H](CO)[C@H](O)[C@H](O)[C@H]6O)[C@H](O)[C@H]5NC(C)=O)[C@H]4O)O[C@@H]3CO)[C@H](O)[C@@H](O[C@@H]3O[C@H](CO)[C@@H](O[C@@H]4O[C@H](CO)[C@H](O)[C@H](O)[C@H]4O)[C@H](O)[C@H]3NC(C)=O)[C@H]2O)O[C@H](CO)[C@@H](O[C@@H]2O[C@H](CO)[C@H](O)[C@H](O)[C@H]2O)[C@@H]1O. The predicted molar refractivity (Wildman–Crippen MR) is 453 cm³/mol. The smallest absolute Gasteiger partial charge is 0.217 e. The van der Waals surface area contributed by atoms with E-state index in [9.17, 15) is 192 Å². The summed E-state index contributed by atoms with van der Waals surface area (Å²) in [6.45, 7) is -9.23. The van der Waals surface area contributed by atoms with Gasteiger partial charge in [-0.3, -0.25) is 24.0 Å².